The first-order valence-electron chi connectivity index (χ1n) is 8.09. The number of nitrogens with one attached hydrogen (secondary N) is 1. The molecule has 2 aromatic rings. The van der Waals surface area contributed by atoms with Gasteiger partial charge in [0.05, 0.1) is 13.1 Å². The van der Waals surface area contributed by atoms with Gasteiger partial charge in [0.15, 0.2) is 11.5 Å². The molecule has 3 rings (SSSR count). The molecular formula is C18H18N2O7. The van der Waals surface area contributed by atoms with E-state index in [0.717, 1.165) is 0 Å². The lowest BCUT2D eigenvalue weighted by molar-refractivity contribution is -0.129. The Labute approximate surface area is 154 Å². The molecule has 2 N–H and O–H groups in total. The highest BCUT2D eigenvalue weighted by Crippen LogP contribution is 2.32. The lowest BCUT2D eigenvalue weighted by Crippen LogP contribution is -2.37. The lowest BCUT2D eigenvalue weighted by atomic mass is 10.2. The smallest absolute Gasteiger partial charge is 0.339 e. The fourth-order valence-electron chi connectivity index (χ4n) is 2.59. The molecule has 142 valence electrons. The number of aryl methyl sites for hydroxylation is 1. The number of hydrogen-bond donors (Lipinski definition) is 2. The minimum Gasteiger partial charge on any atom is -0.478 e. The van der Waals surface area contributed by atoms with Gasteiger partial charge in [-0.1, -0.05) is 0 Å². The van der Waals surface area contributed by atoms with Crippen molar-refractivity contribution in [2.45, 2.75) is 13.5 Å². The largest absolute Gasteiger partial charge is 0.478 e. The van der Waals surface area contributed by atoms with E-state index < -0.39 is 11.9 Å². The number of rotatable bonds is 6. The molecule has 0 saturated heterocycles. The second-order valence-corrected chi connectivity index (χ2v) is 5.99. The normalized spacial score (nSPS) is 11.9. The minimum absolute atomic E-state index is 0.0574. The summed E-state index contributed by atoms with van der Waals surface area (Å²) in [6.07, 6.45) is 0. The molecule has 1 aromatic carbocycles. The highest BCUT2D eigenvalue weighted by atomic mass is 16.7. The summed E-state index contributed by atoms with van der Waals surface area (Å²) in [6, 6.07) is 6.14. The molecule has 1 aliphatic rings. The van der Waals surface area contributed by atoms with Crippen molar-refractivity contribution in [1.82, 2.24) is 10.2 Å². The van der Waals surface area contributed by atoms with Crippen molar-refractivity contribution >= 4 is 17.8 Å². The van der Waals surface area contributed by atoms with Crippen LogP contribution in [-0.4, -0.2) is 48.2 Å². The number of benzene rings is 1. The van der Waals surface area contributed by atoms with Crippen molar-refractivity contribution < 1.29 is 33.4 Å². The van der Waals surface area contributed by atoms with Gasteiger partial charge >= 0.3 is 5.97 Å². The van der Waals surface area contributed by atoms with Crippen LogP contribution in [0.25, 0.3) is 0 Å². The number of carboxylic acid groups (broad SMARTS) is 1. The third-order valence-corrected chi connectivity index (χ3v) is 4.05. The second kappa shape index (κ2) is 7.40. The zero-order valence-corrected chi connectivity index (χ0v) is 14.8. The number of furan rings is 1. The van der Waals surface area contributed by atoms with Crippen molar-refractivity contribution in [1.29, 1.82) is 0 Å². The van der Waals surface area contributed by atoms with Crippen LogP contribution in [-0.2, 0) is 11.3 Å². The number of carbonyl (C=O) groups excluding carboxylic acids is 2. The number of fused-ring (bicyclic) bond motifs is 1. The number of hydrogen-bond acceptors (Lipinski definition) is 6. The standard InChI is InChI=1S/C18H18N2O7/c1-10-13(18(23)24)6-12(27-10)8-20(2)16(21)7-19-17(22)11-3-4-14-15(5-11)26-9-25-14/h3-6H,7-9H2,1-2H3,(H,19,22)(H,23,24). The Morgan fingerprint density at radius 1 is 1.19 bits per heavy atom. The van der Waals surface area contributed by atoms with Gasteiger partial charge in [0.25, 0.3) is 5.91 Å². The fraction of sp³-hybridized carbons (Fsp3) is 0.278. The molecule has 27 heavy (non-hydrogen) atoms. The first-order chi connectivity index (χ1) is 12.8. The monoisotopic (exact) mass is 374 g/mol. The third kappa shape index (κ3) is 4.02. The Hall–Kier alpha value is -3.49. The van der Waals surface area contributed by atoms with E-state index in [1.807, 2.05) is 0 Å². The SMILES string of the molecule is Cc1oc(CN(C)C(=O)CNC(=O)c2ccc3c(c2)OCO3)cc1C(=O)O. The van der Waals surface area contributed by atoms with Crippen LogP contribution in [0.1, 0.15) is 32.2 Å². The summed E-state index contributed by atoms with van der Waals surface area (Å²) in [5.74, 6) is -0.192. The van der Waals surface area contributed by atoms with Gasteiger partial charge in [-0.3, -0.25) is 9.59 Å². The van der Waals surface area contributed by atoms with Gasteiger partial charge in [0.1, 0.15) is 17.1 Å². The van der Waals surface area contributed by atoms with Crippen molar-refractivity contribution in [3.05, 3.63) is 46.9 Å². The number of likely N-dealkylation sites (N-methyl/N-ethyl adjacent to an activating group) is 1. The molecular weight excluding hydrogens is 356 g/mol. The molecule has 2 heterocycles. The fourth-order valence-corrected chi connectivity index (χ4v) is 2.59. The van der Waals surface area contributed by atoms with Gasteiger partial charge in [-0.15, -0.1) is 0 Å². The van der Waals surface area contributed by atoms with Crippen LogP contribution in [0.2, 0.25) is 0 Å². The zero-order chi connectivity index (χ0) is 19.6. The number of amides is 2. The van der Waals surface area contributed by atoms with E-state index in [1.165, 1.54) is 18.0 Å². The molecule has 0 bridgehead atoms. The van der Waals surface area contributed by atoms with Gasteiger partial charge in [0, 0.05) is 12.6 Å². The van der Waals surface area contributed by atoms with E-state index in [2.05, 4.69) is 5.32 Å². The number of carbonyl (C=O) groups is 3. The molecule has 0 saturated carbocycles. The molecule has 0 atom stereocenters. The van der Waals surface area contributed by atoms with E-state index in [9.17, 15) is 14.4 Å². The first kappa shape index (κ1) is 18.3. The Morgan fingerprint density at radius 2 is 1.93 bits per heavy atom. The highest BCUT2D eigenvalue weighted by Gasteiger charge is 2.19. The van der Waals surface area contributed by atoms with Crippen LogP contribution in [0, 0.1) is 6.92 Å². The number of nitrogens with zero attached hydrogens (tertiary/aromatic N) is 1. The van der Waals surface area contributed by atoms with Crippen LogP contribution >= 0.6 is 0 Å². The van der Waals surface area contributed by atoms with Crippen molar-refractivity contribution in [2.24, 2.45) is 0 Å². The minimum atomic E-state index is -1.09. The Kier molecular flexibility index (Phi) is 5.02. The number of carboxylic acids is 1. The summed E-state index contributed by atoms with van der Waals surface area (Å²) >= 11 is 0. The quantitative estimate of drug-likeness (QED) is 0.784. The Balaban J connectivity index is 1.54. The van der Waals surface area contributed by atoms with Gasteiger partial charge in [-0.05, 0) is 31.2 Å². The highest BCUT2D eigenvalue weighted by molar-refractivity contribution is 5.97. The molecule has 0 unspecified atom stereocenters. The summed E-state index contributed by atoms with van der Waals surface area (Å²) in [6.45, 7) is 1.53. The lowest BCUT2D eigenvalue weighted by Gasteiger charge is -2.16. The van der Waals surface area contributed by atoms with Crippen molar-refractivity contribution in [2.75, 3.05) is 20.4 Å². The summed E-state index contributed by atoms with van der Waals surface area (Å²) in [4.78, 5) is 36.8. The van der Waals surface area contributed by atoms with Crippen molar-refractivity contribution in [3.63, 3.8) is 0 Å². The van der Waals surface area contributed by atoms with Gasteiger partial charge in [-0.25, -0.2) is 4.79 Å². The Bertz CT molecular complexity index is 903. The number of aromatic carboxylic acids is 1. The molecule has 0 spiro atoms. The molecule has 1 aromatic heterocycles. The van der Waals surface area contributed by atoms with Gasteiger partial charge in [0.2, 0.25) is 12.7 Å². The number of ether oxygens (including phenoxy) is 2. The van der Waals surface area contributed by atoms with E-state index in [4.69, 9.17) is 19.0 Å². The van der Waals surface area contributed by atoms with Crippen LogP contribution in [0.3, 0.4) is 0 Å². The molecule has 0 aliphatic carbocycles. The second-order valence-electron chi connectivity index (χ2n) is 5.99. The van der Waals surface area contributed by atoms with Gasteiger partial charge < -0.3 is 29.2 Å². The van der Waals surface area contributed by atoms with Crippen LogP contribution in [0.4, 0.5) is 0 Å². The maximum absolute atomic E-state index is 12.2. The van der Waals surface area contributed by atoms with E-state index in [-0.39, 0.29) is 37.1 Å². The molecule has 2 amide bonds. The summed E-state index contributed by atoms with van der Waals surface area (Å²) in [5, 5.41) is 11.6. The van der Waals surface area contributed by atoms with Crippen molar-refractivity contribution in [3.8, 4) is 11.5 Å². The average Bonchev–Trinajstić information content (AvgIpc) is 3.24. The molecule has 1 aliphatic heterocycles. The summed E-state index contributed by atoms with van der Waals surface area (Å²) in [7, 11) is 1.54. The third-order valence-electron chi connectivity index (χ3n) is 4.05. The molecule has 9 nitrogen and oxygen atoms in total. The maximum Gasteiger partial charge on any atom is 0.339 e. The van der Waals surface area contributed by atoms with Crippen LogP contribution < -0.4 is 14.8 Å². The zero-order valence-electron chi connectivity index (χ0n) is 14.8. The maximum atomic E-state index is 12.2. The van der Waals surface area contributed by atoms with Crippen LogP contribution in [0.15, 0.2) is 28.7 Å². The van der Waals surface area contributed by atoms with E-state index in [1.54, 1.807) is 25.1 Å². The van der Waals surface area contributed by atoms with Gasteiger partial charge in [-0.2, -0.15) is 0 Å². The molecule has 9 heteroatoms. The molecule has 0 radical (unpaired) electrons. The average molecular weight is 374 g/mol. The predicted molar refractivity (Wildman–Crippen MR) is 91.8 cm³/mol. The van der Waals surface area contributed by atoms with Crippen LogP contribution in [0.5, 0.6) is 11.5 Å². The van der Waals surface area contributed by atoms with E-state index in [0.29, 0.717) is 22.8 Å². The first-order valence-corrected chi connectivity index (χ1v) is 8.09. The molecule has 0 fully saturated rings. The summed E-state index contributed by atoms with van der Waals surface area (Å²) < 4.78 is 15.7. The topological polar surface area (TPSA) is 118 Å². The Morgan fingerprint density at radius 3 is 2.63 bits per heavy atom. The van der Waals surface area contributed by atoms with E-state index >= 15 is 0 Å². The summed E-state index contributed by atoms with van der Waals surface area (Å²) in [5.41, 5.74) is 0.407. The predicted octanol–water partition coefficient (Wildman–Crippen LogP) is 1.40.